The Hall–Kier alpha value is -1.36. The van der Waals surface area contributed by atoms with Gasteiger partial charge in [-0.15, -0.1) is 0 Å². The molecule has 0 fully saturated rings. The summed E-state index contributed by atoms with van der Waals surface area (Å²) in [7, 11) is 0. The van der Waals surface area contributed by atoms with Gasteiger partial charge in [0.15, 0.2) is 0 Å². The van der Waals surface area contributed by atoms with Gasteiger partial charge in [-0.05, 0) is 12.0 Å². The third-order valence-electron chi connectivity index (χ3n) is 1.33. The Morgan fingerprint density at radius 1 is 1.73 bits per heavy atom. The Bertz CT molecular complexity index is 243. The number of hydrogen-bond donors (Lipinski definition) is 0. The van der Waals surface area contributed by atoms with E-state index in [1.165, 1.54) is 6.08 Å². The Morgan fingerprint density at radius 3 is 2.36 bits per heavy atom. The van der Waals surface area contributed by atoms with Crippen LogP contribution in [0.2, 0.25) is 0 Å². The highest BCUT2D eigenvalue weighted by molar-refractivity contribution is 5.44. The summed E-state index contributed by atoms with van der Waals surface area (Å²) in [6.45, 7) is 8.35. The van der Waals surface area contributed by atoms with E-state index in [9.17, 15) is 4.39 Å². The molecule has 0 amide bonds. The molecule has 0 aliphatic heterocycles. The van der Waals surface area contributed by atoms with Crippen molar-refractivity contribution in [2.75, 3.05) is 0 Å². The van der Waals surface area contributed by atoms with Gasteiger partial charge in [0.1, 0.15) is 11.9 Å². The molecule has 0 radical (unpaired) electrons. The van der Waals surface area contributed by atoms with Gasteiger partial charge in [0.25, 0.3) is 0 Å². The minimum Gasteiger partial charge on any atom is -0.206 e. The van der Waals surface area contributed by atoms with E-state index in [0.29, 0.717) is 12.0 Å². The standard InChI is InChI=1S/C9H10FN/c1-4-8(5-2)9(6-11)7(3)10/h4H,1,3,5H2,2H3/b9-8+. The maximum Gasteiger partial charge on any atom is 0.134 e. The van der Waals surface area contributed by atoms with E-state index in [1.54, 1.807) is 6.07 Å². The van der Waals surface area contributed by atoms with Gasteiger partial charge in [-0.2, -0.15) is 5.26 Å². The zero-order valence-corrected chi connectivity index (χ0v) is 6.52. The second-order valence-electron chi connectivity index (χ2n) is 1.97. The topological polar surface area (TPSA) is 23.8 Å². The molecule has 58 valence electrons. The van der Waals surface area contributed by atoms with E-state index in [0.717, 1.165) is 0 Å². The first-order valence-electron chi connectivity index (χ1n) is 3.27. The Balaban J connectivity index is 4.97. The van der Waals surface area contributed by atoms with Crippen molar-refractivity contribution in [3.63, 3.8) is 0 Å². The largest absolute Gasteiger partial charge is 0.206 e. The van der Waals surface area contributed by atoms with E-state index in [1.807, 2.05) is 6.92 Å². The first-order chi connectivity index (χ1) is 5.17. The minimum atomic E-state index is -0.691. The van der Waals surface area contributed by atoms with Crippen molar-refractivity contribution in [2.24, 2.45) is 0 Å². The Kier molecular flexibility index (Phi) is 3.90. The molecular weight excluding hydrogens is 141 g/mol. The molecule has 0 bridgehead atoms. The highest BCUT2D eigenvalue weighted by Gasteiger charge is 2.04. The molecule has 0 aliphatic rings. The van der Waals surface area contributed by atoms with Crippen LogP contribution in [0.3, 0.4) is 0 Å². The molecule has 0 rings (SSSR count). The van der Waals surface area contributed by atoms with Crippen LogP contribution >= 0.6 is 0 Å². The quantitative estimate of drug-likeness (QED) is 0.449. The molecule has 0 aromatic rings. The maximum absolute atomic E-state index is 12.5. The lowest BCUT2D eigenvalue weighted by Crippen LogP contribution is -1.85. The summed E-state index contributed by atoms with van der Waals surface area (Å²) < 4.78 is 12.5. The molecule has 0 aliphatic carbocycles. The average Bonchev–Trinajstić information content (AvgIpc) is 1.99. The van der Waals surface area contributed by atoms with Crippen molar-refractivity contribution in [2.45, 2.75) is 13.3 Å². The molecule has 0 saturated carbocycles. The van der Waals surface area contributed by atoms with Crippen molar-refractivity contribution >= 4 is 0 Å². The summed E-state index contributed by atoms with van der Waals surface area (Å²) in [5, 5.41) is 8.47. The number of allylic oxidation sites excluding steroid dienone is 4. The number of halogens is 1. The molecule has 0 saturated heterocycles. The van der Waals surface area contributed by atoms with Crippen molar-refractivity contribution < 1.29 is 4.39 Å². The molecule has 0 spiro atoms. The van der Waals surface area contributed by atoms with Crippen molar-refractivity contribution in [3.05, 3.63) is 36.2 Å². The number of rotatable bonds is 3. The van der Waals surface area contributed by atoms with Gasteiger partial charge in [-0.3, -0.25) is 0 Å². The summed E-state index contributed by atoms with van der Waals surface area (Å²) >= 11 is 0. The van der Waals surface area contributed by atoms with Crippen molar-refractivity contribution in [1.29, 1.82) is 5.26 Å². The van der Waals surface area contributed by atoms with Gasteiger partial charge in [-0.1, -0.05) is 26.2 Å². The lowest BCUT2D eigenvalue weighted by atomic mass is 10.1. The van der Waals surface area contributed by atoms with Gasteiger partial charge in [-0.25, -0.2) is 4.39 Å². The molecular formula is C9H10FN. The lowest BCUT2D eigenvalue weighted by Gasteiger charge is -1.98. The minimum absolute atomic E-state index is 0.00231. The summed E-state index contributed by atoms with van der Waals surface area (Å²) in [5.41, 5.74) is 0.600. The molecule has 11 heavy (non-hydrogen) atoms. The van der Waals surface area contributed by atoms with Crippen LogP contribution in [0.15, 0.2) is 36.2 Å². The first kappa shape index (κ1) is 9.64. The number of nitriles is 1. The maximum atomic E-state index is 12.5. The van der Waals surface area contributed by atoms with E-state index in [2.05, 4.69) is 13.2 Å². The second kappa shape index (κ2) is 4.45. The molecule has 0 aromatic heterocycles. The molecule has 0 aromatic carbocycles. The molecule has 0 atom stereocenters. The third-order valence-corrected chi connectivity index (χ3v) is 1.33. The number of nitrogens with zero attached hydrogens (tertiary/aromatic N) is 1. The van der Waals surface area contributed by atoms with Gasteiger partial charge in [0.2, 0.25) is 0 Å². The van der Waals surface area contributed by atoms with Gasteiger partial charge >= 0.3 is 0 Å². The normalized spacial score (nSPS) is 11.4. The lowest BCUT2D eigenvalue weighted by molar-refractivity contribution is 0.660. The highest BCUT2D eigenvalue weighted by Crippen LogP contribution is 2.16. The van der Waals surface area contributed by atoms with E-state index in [-0.39, 0.29) is 5.57 Å². The smallest absolute Gasteiger partial charge is 0.134 e. The average molecular weight is 151 g/mol. The van der Waals surface area contributed by atoms with Crippen LogP contribution in [0.4, 0.5) is 4.39 Å². The van der Waals surface area contributed by atoms with Crippen molar-refractivity contribution in [3.8, 4) is 6.07 Å². The first-order valence-corrected chi connectivity index (χ1v) is 3.27. The van der Waals surface area contributed by atoms with Crippen molar-refractivity contribution in [1.82, 2.24) is 0 Å². The van der Waals surface area contributed by atoms with Gasteiger partial charge < -0.3 is 0 Å². The predicted octanol–water partition coefficient (Wildman–Crippen LogP) is 2.89. The van der Waals surface area contributed by atoms with Gasteiger partial charge in [0, 0.05) is 0 Å². The summed E-state index contributed by atoms with van der Waals surface area (Å²) in [6.07, 6.45) is 2.07. The summed E-state index contributed by atoms with van der Waals surface area (Å²) in [6, 6.07) is 1.74. The molecule has 0 unspecified atom stereocenters. The number of hydrogen-bond acceptors (Lipinski definition) is 1. The van der Waals surface area contributed by atoms with Crippen LogP contribution in [-0.2, 0) is 0 Å². The summed E-state index contributed by atoms with van der Waals surface area (Å²) in [4.78, 5) is 0. The van der Waals surface area contributed by atoms with Crippen LogP contribution in [0.5, 0.6) is 0 Å². The predicted molar refractivity (Wildman–Crippen MR) is 43.4 cm³/mol. The van der Waals surface area contributed by atoms with Crippen LogP contribution in [0, 0.1) is 11.3 Å². The molecule has 1 nitrogen and oxygen atoms in total. The zero-order valence-electron chi connectivity index (χ0n) is 6.52. The Labute approximate surface area is 66.1 Å². The Morgan fingerprint density at radius 2 is 2.27 bits per heavy atom. The SMILES string of the molecule is C=C/C(CC)=C(/C#N)C(=C)F. The van der Waals surface area contributed by atoms with Crippen LogP contribution in [0.1, 0.15) is 13.3 Å². The fourth-order valence-corrected chi connectivity index (χ4v) is 0.730. The zero-order chi connectivity index (χ0) is 8.85. The van der Waals surface area contributed by atoms with E-state index < -0.39 is 5.83 Å². The van der Waals surface area contributed by atoms with Gasteiger partial charge in [0.05, 0.1) is 5.57 Å². The van der Waals surface area contributed by atoms with E-state index >= 15 is 0 Å². The molecule has 0 heterocycles. The second-order valence-corrected chi connectivity index (χ2v) is 1.97. The molecule has 0 N–H and O–H groups in total. The monoisotopic (exact) mass is 151 g/mol. The van der Waals surface area contributed by atoms with E-state index in [4.69, 9.17) is 5.26 Å². The fraction of sp³-hybridized carbons (Fsp3) is 0.222. The molecule has 2 heteroatoms. The fourth-order valence-electron chi connectivity index (χ4n) is 0.730. The van der Waals surface area contributed by atoms with Crippen LogP contribution in [0.25, 0.3) is 0 Å². The highest BCUT2D eigenvalue weighted by atomic mass is 19.1. The third kappa shape index (κ3) is 2.38. The van der Waals surface area contributed by atoms with Crippen LogP contribution in [-0.4, -0.2) is 0 Å². The van der Waals surface area contributed by atoms with Crippen LogP contribution < -0.4 is 0 Å². The summed E-state index contributed by atoms with van der Waals surface area (Å²) in [5.74, 6) is -0.691.